The van der Waals surface area contributed by atoms with Crippen LogP contribution in [0.1, 0.15) is 33.1 Å². The number of Topliss-reactive ketones (excluding diaryl/α,β-unsaturated/α-hetero) is 2. The number of aliphatic hydroxyl groups excluding tert-OH is 1. The van der Waals surface area contributed by atoms with E-state index in [1.54, 1.807) is 0 Å². The lowest BCUT2D eigenvalue weighted by molar-refractivity contribution is -0.147. The molecule has 0 rings (SSSR count). The number of aliphatic carboxylic acids is 1. The smallest absolute Gasteiger partial charge is 0.309 e. The van der Waals surface area contributed by atoms with Gasteiger partial charge in [-0.2, -0.15) is 0 Å². The molecule has 4 atom stereocenters. The minimum atomic E-state index is -1.35. The molecule has 10 nitrogen and oxygen atoms in total. The Morgan fingerprint density at radius 2 is 1.60 bits per heavy atom. The molecule has 0 saturated carbocycles. The summed E-state index contributed by atoms with van der Waals surface area (Å²) in [6.45, 7) is 2.33. The predicted molar refractivity (Wildman–Crippen MR) is 86.0 cm³/mol. The van der Waals surface area contributed by atoms with Gasteiger partial charge in [-0.3, -0.25) is 24.0 Å². The van der Waals surface area contributed by atoms with Gasteiger partial charge in [0.05, 0.1) is 30.5 Å². The monoisotopic (exact) mass is 359 g/mol. The molecule has 0 aromatic rings. The summed E-state index contributed by atoms with van der Waals surface area (Å²) in [5.41, 5.74) is 10.4. The van der Waals surface area contributed by atoms with Gasteiger partial charge in [0, 0.05) is 19.3 Å². The molecule has 2 amide bonds. The van der Waals surface area contributed by atoms with Gasteiger partial charge in [0.1, 0.15) is 5.78 Å². The topological polar surface area (TPSA) is 190 Å². The van der Waals surface area contributed by atoms with Crippen molar-refractivity contribution in [2.24, 2.45) is 23.3 Å². The number of primary amides is 1. The third kappa shape index (κ3) is 8.91. The second kappa shape index (κ2) is 10.5. The fourth-order valence-electron chi connectivity index (χ4n) is 2.05. The fraction of sp³-hybridized carbons (Fsp3) is 0.667. The second-order valence-electron chi connectivity index (χ2n) is 5.97. The first-order valence-corrected chi connectivity index (χ1v) is 7.72. The van der Waals surface area contributed by atoms with E-state index in [1.165, 1.54) is 13.8 Å². The summed E-state index contributed by atoms with van der Waals surface area (Å²) in [6.07, 6.45) is -2.61. The third-order valence-electron chi connectivity index (χ3n) is 3.58. The van der Waals surface area contributed by atoms with Crippen LogP contribution in [-0.2, 0) is 24.0 Å². The molecule has 0 aliphatic carbocycles. The molecule has 1 unspecified atom stereocenters. The van der Waals surface area contributed by atoms with E-state index in [9.17, 15) is 29.1 Å². The molecule has 0 aliphatic rings. The van der Waals surface area contributed by atoms with Crippen LogP contribution in [0, 0.1) is 11.8 Å². The van der Waals surface area contributed by atoms with Crippen LogP contribution in [-0.4, -0.2) is 58.3 Å². The van der Waals surface area contributed by atoms with Crippen LogP contribution >= 0.6 is 0 Å². The molecule has 0 aliphatic heterocycles. The van der Waals surface area contributed by atoms with Crippen LogP contribution in [0.4, 0.5) is 0 Å². The lowest BCUT2D eigenvalue weighted by Gasteiger charge is -2.18. The van der Waals surface area contributed by atoms with Crippen molar-refractivity contribution >= 4 is 29.4 Å². The molecule has 0 aromatic carbocycles. The number of carboxylic acids is 1. The predicted octanol–water partition coefficient (Wildman–Crippen LogP) is -2.06. The normalized spacial score (nSPS) is 15.5. The van der Waals surface area contributed by atoms with Crippen LogP contribution in [0.5, 0.6) is 0 Å². The summed E-state index contributed by atoms with van der Waals surface area (Å²) >= 11 is 0. The highest BCUT2D eigenvalue weighted by atomic mass is 16.4. The molecule has 0 spiro atoms. The zero-order valence-electron chi connectivity index (χ0n) is 14.2. The molecule has 0 saturated heterocycles. The zero-order valence-corrected chi connectivity index (χ0v) is 14.2. The van der Waals surface area contributed by atoms with Crippen molar-refractivity contribution in [3.8, 4) is 0 Å². The van der Waals surface area contributed by atoms with E-state index < -0.39 is 72.6 Å². The average molecular weight is 359 g/mol. The number of carbonyl (C=O) groups is 5. The lowest BCUT2D eigenvalue weighted by Crippen LogP contribution is -2.41. The molecular weight excluding hydrogens is 334 g/mol. The van der Waals surface area contributed by atoms with Gasteiger partial charge in [-0.1, -0.05) is 0 Å². The van der Waals surface area contributed by atoms with E-state index in [1.807, 2.05) is 0 Å². The number of nitrogens with one attached hydrogen (secondary N) is 1. The maximum absolute atomic E-state index is 12.1. The van der Waals surface area contributed by atoms with Crippen molar-refractivity contribution in [1.29, 1.82) is 0 Å². The van der Waals surface area contributed by atoms with E-state index in [0.29, 0.717) is 0 Å². The molecule has 0 heterocycles. The van der Waals surface area contributed by atoms with Crippen molar-refractivity contribution in [3.63, 3.8) is 0 Å². The Labute approximate surface area is 144 Å². The Morgan fingerprint density at radius 3 is 2.00 bits per heavy atom. The summed E-state index contributed by atoms with van der Waals surface area (Å²) in [5, 5.41) is 20.6. The SMILES string of the molecule is CC(O)[C@H](CC(=O)C[C@@H](CC(N)=O)C(=O)NCC(=O)[C@H](C)N)C(=O)O. The van der Waals surface area contributed by atoms with E-state index in [4.69, 9.17) is 16.6 Å². The lowest BCUT2D eigenvalue weighted by atomic mass is 9.90. The summed E-state index contributed by atoms with van der Waals surface area (Å²) in [6, 6.07) is -0.779. The van der Waals surface area contributed by atoms with Crippen LogP contribution in [0.2, 0.25) is 0 Å². The van der Waals surface area contributed by atoms with Crippen molar-refractivity contribution in [1.82, 2.24) is 5.32 Å². The molecule has 7 N–H and O–H groups in total. The molecule has 0 radical (unpaired) electrons. The summed E-state index contributed by atoms with van der Waals surface area (Å²) < 4.78 is 0. The Kier molecular flexibility index (Phi) is 9.54. The van der Waals surface area contributed by atoms with Gasteiger partial charge in [-0.05, 0) is 13.8 Å². The van der Waals surface area contributed by atoms with E-state index in [0.717, 1.165) is 0 Å². The van der Waals surface area contributed by atoms with Crippen molar-refractivity contribution < 1.29 is 34.2 Å². The fourth-order valence-corrected chi connectivity index (χ4v) is 2.05. The minimum Gasteiger partial charge on any atom is -0.481 e. The maximum atomic E-state index is 12.1. The number of hydrogen-bond acceptors (Lipinski definition) is 7. The quantitative estimate of drug-likeness (QED) is 0.263. The van der Waals surface area contributed by atoms with Crippen LogP contribution in [0.25, 0.3) is 0 Å². The first-order chi connectivity index (χ1) is 11.5. The number of aliphatic hydroxyl groups is 1. The summed E-state index contributed by atoms with van der Waals surface area (Å²) in [5.74, 6) is -6.40. The molecular formula is C15H25N3O7. The molecule has 0 bridgehead atoms. The van der Waals surface area contributed by atoms with Gasteiger partial charge < -0.3 is 27.0 Å². The Hall–Kier alpha value is -2.33. The molecule has 0 fully saturated rings. The number of rotatable bonds is 12. The number of ketones is 2. The van der Waals surface area contributed by atoms with Crippen molar-refractivity contribution in [2.75, 3.05) is 6.54 Å². The number of nitrogens with two attached hydrogens (primary N) is 2. The molecule has 10 heteroatoms. The van der Waals surface area contributed by atoms with E-state index in [2.05, 4.69) is 5.32 Å². The average Bonchev–Trinajstić information content (AvgIpc) is 2.47. The number of carbonyl (C=O) groups excluding carboxylic acids is 4. The van der Waals surface area contributed by atoms with Gasteiger partial charge in [0.25, 0.3) is 0 Å². The van der Waals surface area contributed by atoms with Gasteiger partial charge in [0.2, 0.25) is 11.8 Å². The number of carboxylic acid groups (broad SMARTS) is 1. The maximum Gasteiger partial charge on any atom is 0.309 e. The highest BCUT2D eigenvalue weighted by Crippen LogP contribution is 2.16. The van der Waals surface area contributed by atoms with Gasteiger partial charge in [0.15, 0.2) is 5.78 Å². The Morgan fingerprint density at radius 1 is 1.04 bits per heavy atom. The molecule has 142 valence electrons. The standard InChI is InChI=1S/C15H25N3O7/c1-7(16)12(21)6-18-14(23)9(4-13(17)22)3-10(20)5-11(8(2)19)15(24)25/h7-9,11,19H,3-6,16H2,1-2H3,(H2,17,22)(H,18,23)(H,24,25)/t7-,8?,9-,11-/m0/s1. The minimum absolute atomic E-state index is 0.356. The third-order valence-corrected chi connectivity index (χ3v) is 3.58. The molecule has 25 heavy (non-hydrogen) atoms. The highest BCUT2D eigenvalue weighted by Gasteiger charge is 2.30. The van der Waals surface area contributed by atoms with Gasteiger partial charge in [-0.25, -0.2) is 0 Å². The first kappa shape index (κ1) is 22.7. The Balaban J connectivity index is 4.89. The van der Waals surface area contributed by atoms with Crippen molar-refractivity contribution in [2.45, 2.75) is 45.3 Å². The van der Waals surface area contributed by atoms with Gasteiger partial charge in [-0.15, -0.1) is 0 Å². The van der Waals surface area contributed by atoms with Crippen LogP contribution in [0.3, 0.4) is 0 Å². The number of amides is 2. The Bertz CT molecular complexity index is 531. The van der Waals surface area contributed by atoms with E-state index >= 15 is 0 Å². The summed E-state index contributed by atoms with van der Waals surface area (Å²) in [7, 11) is 0. The zero-order chi connectivity index (χ0) is 19.7. The summed E-state index contributed by atoms with van der Waals surface area (Å²) in [4.78, 5) is 57.6. The number of hydrogen-bond donors (Lipinski definition) is 5. The van der Waals surface area contributed by atoms with Gasteiger partial charge >= 0.3 is 5.97 Å². The largest absolute Gasteiger partial charge is 0.481 e. The highest BCUT2D eigenvalue weighted by molar-refractivity contribution is 5.94. The van der Waals surface area contributed by atoms with E-state index in [-0.39, 0.29) is 6.54 Å². The molecule has 0 aromatic heterocycles. The first-order valence-electron chi connectivity index (χ1n) is 7.72. The van der Waals surface area contributed by atoms with Crippen molar-refractivity contribution in [3.05, 3.63) is 0 Å². The second-order valence-corrected chi connectivity index (χ2v) is 5.97. The van der Waals surface area contributed by atoms with Crippen LogP contribution in [0.15, 0.2) is 0 Å². The van der Waals surface area contributed by atoms with Crippen LogP contribution < -0.4 is 16.8 Å².